The highest BCUT2D eigenvalue weighted by Gasteiger charge is 2.47. The Morgan fingerprint density at radius 2 is 2.11 bits per heavy atom. The molecule has 1 heterocycles. The van der Waals surface area contributed by atoms with Crippen LogP contribution < -0.4 is 5.73 Å². The van der Waals surface area contributed by atoms with Gasteiger partial charge >= 0.3 is 5.97 Å². The van der Waals surface area contributed by atoms with Crippen LogP contribution in [0.3, 0.4) is 0 Å². The summed E-state index contributed by atoms with van der Waals surface area (Å²) in [6.45, 7) is 7.92. The van der Waals surface area contributed by atoms with Gasteiger partial charge in [-0.05, 0) is 24.8 Å². The zero-order valence-electron chi connectivity index (χ0n) is 10.7. The molecule has 1 amide bonds. The van der Waals surface area contributed by atoms with E-state index in [0.717, 1.165) is 24.8 Å². The quantitative estimate of drug-likeness (QED) is 0.440. The molecule has 0 aromatic heterocycles. The minimum atomic E-state index is -0.318. The van der Waals surface area contributed by atoms with E-state index in [2.05, 4.69) is 13.2 Å². The second kappa shape index (κ2) is 4.08. The Morgan fingerprint density at radius 3 is 2.79 bits per heavy atom. The molecule has 4 atom stereocenters. The predicted octanol–water partition coefficient (Wildman–Crippen LogP) is 1.48. The Bertz CT molecular complexity index is 532. The number of carbonyl (C=O) groups is 2. The molecule has 4 heteroatoms. The lowest BCUT2D eigenvalue weighted by molar-refractivity contribution is -0.138. The molecule has 19 heavy (non-hydrogen) atoms. The van der Waals surface area contributed by atoms with Crippen LogP contribution in [-0.4, -0.2) is 18.0 Å². The van der Waals surface area contributed by atoms with Gasteiger partial charge < -0.3 is 10.5 Å². The average molecular weight is 259 g/mol. The number of amides is 1. The van der Waals surface area contributed by atoms with E-state index in [1.54, 1.807) is 0 Å². The van der Waals surface area contributed by atoms with Crippen LogP contribution in [0, 0.1) is 17.8 Å². The fraction of sp³-hybridized carbons (Fsp3) is 0.467. The first-order valence-electron chi connectivity index (χ1n) is 6.57. The Morgan fingerprint density at radius 1 is 1.37 bits per heavy atom. The van der Waals surface area contributed by atoms with Crippen LogP contribution in [0.1, 0.15) is 19.3 Å². The molecule has 1 saturated carbocycles. The van der Waals surface area contributed by atoms with Gasteiger partial charge in [-0.25, -0.2) is 4.79 Å². The van der Waals surface area contributed by atoms with E-state index in [4.69, 9.17) is 10.5 Å². The normalized spacial score (nSPS) is 37.3. The first-order valence-corrected chi connectivity index (χ1v) is 6.57. The van der Waals surface area contributed by atoms with Gasteiger partial charge in [-0.15, -0.1) is 0 Å². The average Bonchev–Trinajstić information content (AvgIpc) is 2.66. The van der Waals surface area contributed by atoms with E-state index in [0.29, 0.717) is 5.57 Å². The van der Waals surface area contributed by atoms with Crippen LogP contribution in [0.15, 0.2) is 36.0 Å². The number of hydrogen-bond acceptors (Lipinski definition) is 3. The number of hydrogen-bond donors (Lipinski definition) is 1. The summed E-state index contributed by atoms with van der Waals surface area (Å²) in [6.07, 6.45) is 4.06. The fourth-order valence-electron chi connectivity index (χ4n) is 3.47. The van der Waals surface area contributed by atoms with Crippen molar-refractivity contribution >= 4 is 11.9 Å². The van der Waals surface area contributed by atoms with Gasteiger partial charge in [0.05, 0.1) is 5.92 Å². The van der Waals surface area contributed by atoms with Gasteiger partial charge in [0.2, 0.25) is 5.91 Å². The van der Waals surface area contributed by atoms with Crippen LogP contribution in [0.4, 0.5) is 0 Å². The van der Waals surface area contributed by atoms with Crippen molar-refractivity contribution in [3.63, 3.8) is 0 Å². The van der Waals surface area contributed by atoms with Crippen LogP contribution in [0.5, 0.6) is 0 Å². The molecule has 2 aliphatic carbocycles. The van der Waals surface area contributed by atoms with E-state index in [9.17, 15) is 9.59 Å². The van der Waals surface area contributed by atoms with Gasteiger partial charge in [-0.3, -0.25) is 4.79 Å². The molecule has 0 radical (unpaired) electrons. The standard InChI is InChI=1S/C15H17NO3/c1-7-11-4-3-9(14(16)17)5-10(11)6-12-8(2)15(18)19-13(7)12/h5,9,11-13H,1-4,6H2,(H2,16,17). The van der Waals surface area contributed by atoms with Gasteiger partial charge in [0.1, 0.15) is 6.10 Å². The first-order chi connectivity index (χ1) is 8.99. The zero-order valence-corrected chi connectivity index (χ0v) is 10.7. The van der Waals surface area contributed by atoms with Crippen molar-refractivity contribution in [2.24, 2.45) is 23.5 Å². The summed E-state index contributed by atoms with van der Waals surface area (Å²) in [7, 11) is 0. The highest BCUT2D eigenvalue weighted by Crippen LogP contribution is 2.49. The second-order valence-corrected chi connectivity index (χ2v) is 5.62. The molecule has 4 unspecified atom stereocenters. The van der Waals surface area contributed by atoms with Crippen molar-refractivity contribution in [2.45, 2.75) is 25.4 Å². The smallest absolute Gasteiger partial charge is 0.334 e. The fourth-order valence-corrected chi connectivity index (χ4v) is 3.47. The van der Waals surface area contributed by atoms with Crippen molar-refractivity contribution in [1.29, 1.82) is 0 Å². The molecule has 1 aliphatic heterocycles. The molecule has 0 bridgehead atoms. The lowest BCUT2D eigenvalue weighted by atomic mass is 9.67. The van der Waals surface area contributed by atoms with Crippen LogP contribution in [0.25, 0.3) is 0 Å². The molecule has 3 rings (SSSR count). The molecule has 0 spiro atoms. The largest absolute Gasteiger partial charge is 0.454 e. The van der Waals surface area contributed by atoms with Gasteiger partial charge in [-0.2, -0.15) is 0 Å². The predicted molar refractivity (Wildman–Crippen MR) is 69.8 cm³/mol. The number of primary amides is 1. The Labute approximate surface area is 112 Å². The number of rotatable bonds is 1. The molecular formula is C15H17NO3. The maximum atomic E-state index is 11.6. The summed E-state index contributed by atoms with van der Waals surface area (Å²) in [4.78, 5) is 22.9. The van der Waals surface area contributed by atoms with Crippen molar-refractivity contribution in [3.05, 3.63) is 36.0 Å². The number of ether oxygens (including phenoxy) is 1. The second-order valence-electron chi connectivity index (χ2n) is 5.62. The lowest BCUT2D eigenvalue weighted by Gasteiger charge is -2.38. The third kappa shape index (κ3) is 1.74. The SMILES string of the molecule is C=C1C(=O)OC2C(=C)C3CCC(C(N)=O)C=C3CC12. The highest BCUT2D eigenvalue weighted by molar-refractivity contribution is 5.91. The van der Waals surface area contributed by atoms with E-state index in [-0.39, 0.29) is 35.7 Å². The maximum absolute atomic E-state index is 11.6. The summed E-state index contributed by atoms with van der Waals surface area (Å²) in [6, 6.07) is 0. The molecule has 100 valence electrons. The summed E-state index contributed by atoms with van der Waals surface area (Å²) >= 11 is 0. The first kappa shape index (κ1) is 12.2. The monoisotopic (exact) mass is 259 g/mol. The lowest BCUT2D eigenvalue weighted by Crippen LogP contribution is -2.35. The number of carbonyl (C=O) groups excluding carboxylic acids is 2. The van der Waals surface area contributed by atoms with Crippen molar-refractivity contribution in [3.8, 4) is 0 Å². The molecule has 3 aliphatic rings. The van der Waals surface area contributed by atoms with Crippen molar-refractivity contribution < 1.29 is 14.3 Å². The summed E-state index contributed by atoms with van der Waals surface area (Å²) in [5.41, 5.74) is 8.01. The van der Waals surface area contributed by atoms with E-state index < -0.39 is 0 Å². The molecular weight excluding hydrogens is 242 g/mol. The van der Waals surface area contributed by atoms with E-state index in [1.807, 2.05) is 6.08 Å². The highest BCUT2D eigenvalue weighted by atomic mass is 16.6. The Balaban J connectivity index is 1.93. The summed E-state index contributed by atoms with van der Waals surface area (Å²) in [5, 5.41) is 0. The number of allylic oxidation sites excluding steroid dienone is 1. The third-order valence-electron chi connectivity index (χ3n) is 4.57. The molecule has 0 aromatic rings. The molecule has 2 fully saturated rings. The Hall–Kier alpha value is -1.84. The Kier molecular flexibility index (Phi) is 2.62. The van der Waals surface area contributed by atoms with Gasteiger partial charge in [0.15, 0.2) is 0 Å². The summed E-state index contributed by atoms with van der Waals surface area (Å²) in [5.74, 6) is -0.593. The van der Waals surface area contributed by atoms with Crippen molar-refractivity contribution in [2.75, 3.05) is 0 Å². The van der Waals surface area contributed by atoms with Crippen LogP contribution >= 0.6 is 0 Å². The van der Waals surface area contributed by atoms with Crippen LogP contribution in [-0.2, 0) is 14.3 Å². The topological polar surface area (TPSA) is 69.4 Å². The van der Waals surface area contributed by atoms with Crippen LogP contribution in [0.2, 0.25) is 0 Å². The maximum Gasteiger partial charge on any atom is 0.334 e. The molecule has 4 nitrogen and oxygen atoms in total. The van der Waals surface area contributed by atoms with Gasteiger partial charge in [0, 0.05) is 17.4 Å². The van der Waals surface area contributed by atoms with Crippen molar-refractivity contribution in [1.82, 2.24) is 0 Å². The molecule has 1 saturated heterocycles. The number of esters is 1. The zero-order chi connectivity index (χ0) is 13.7. The number of fused-ring (bicyclic) bond motifs is 2. The molecule has 0 aromatic carbocycles. The minimum Gasteiger partial charge on any atom is -0.454 e. The minimum absolute atomic E-state index is 0.0193. The van der Waals surface area contributed by atoms with Gasteiger partial charge in [-0.1, -0.05) is 24.8 Å². The third-order valence-corrected chi connectivity index (χ3v) is 4.57. The summed E-state index contributed by atoms with van der Waals surface area (Å²) < 4.78 is 5.36. The van der Waals surface area contributed by atoms with E-state index in [1.165, 1.54) is 5.57 Å². The molecule has 2 N–H and O–H groups in total. The van der Waals surface area contributed by atoms with Gasteiger partial charge in [0.25, 0.3) is 0 Å². The van der Waals surface area contributed by atoms with E-state index >= 15 is 0 Å². The number of nitrogens with two attached hydrogens (primary N) is 1.